The van der Waals surface area contributed by atoms with E-state index in [1.165, 1.54) is 12.8 Å². The van der Waals surface area contributed by atoms with E-state index < -0.39 is 0 Å². The number of rotatable bonds is 5. The molecule has 1 fully saturated rings. The smallest absolute Gasteiger partial charge is 0.224 e. The number of nitrogens with one attached hydrogen (secondary N) is 1. The molecule has 3 rings (SSSR count). The van der Waals surface area contributed by atoms with Crippen LogP contribution in [0, 0.1) is 0 Å². The molecule has 25 heavy (non-hydrogen) atoms. The number of hydrogen-bond donors (Lipinski definition) is 1. The molecule has 0 spiro atoms. The van der Waals surface area contributed by atoms with Gasteiger partial charge >= 0.3 is 0 Å². The maximum absolute atomic E-state index is 12.5. The molecule has 1 aliphatic heterocycles. The standard InChI is InChI=1S/C19H27N5O/c1-15(12-18(25)24-10-5-3-4-6-11-24)21-17-9-7-8-16(13-17)19-22-20-14-23(19)2/h7-9,13-15,21H,3-6,10-12H2,1-2H3/t15-/m0/s1. The molecule has 2 heterocycles. The third-order valence-electron chi connectivity index (χ3n) is 4.68. The number of nitrogens with zero attached hydrogens (tertiary/aromatic N) is 4. The summed E-state index contributed by atoms with van der Waals surface area (Å²) >= 11 is 0. The van der Waals surface area contributed by atoms with Gasteiger partial charge in [0.2, 0.25) is 5.91 Å². The molecule has 1 aromatic heterocycles. The van der Waals surface area contributed by atoms with E-state index in [2.05, 4.69) is 28.5 Å². The molecule has 0 radical (unpaired) electrons. The van der Waals surface area contributed by atoms with Crippen molar-refractivity contribution in [3.63, 3.8) is 0 Å². The van der Waals surface area contributed by atoms with Crippen LogP contribution in [0.5, 0.6) is 0 Å². The van der Waals surface area contributed by atoms with Gasteiger partial charge in [-0.1, -0.05) is 25.0 Å². The average Bonchev–Trinajstić information content (AvgIpc) is 2.84. The Balaban J connectivity index is 1.60. The average molecular weight is 341 g/mol. The van der Waals surface area contributed by atoms with Gasteiger partial charge in [-0.25, -0.2) is 0 Å². The van der Waals surface area contributed by atoms with Gasteiger partial charge in [-0.05, 0) is 31.9 Å². The van der Waals surface area contributed by atoms with Crippen LogP contribution < -0.4 is 5.32 Å². The van der Waals surface area contributed by atoms with Crippen molar-refractivity contribution in [2.45, 2.75) is 45.1 Å². The molecule has 1 aliphatic rings. The van der Waals surface area contributed by atoms with Crippen LogP contribution in [0.4, 0.5) is 5.69 Å². The Morgan fingerprint density at radius 1 is 1.24 bits per heavy atom. The topological polar surface area (TPSA) is 63.1 Å². The fourth-order valence-electron chi connectivity index (χ4n) is 3.34. The van der Waals surface area contributed by atoms with Crippen molar-refractivity contribution in [1.82, 2.24) is 19.7 Å². The van der Waals surface area contributed by atoms with Gasteiger partial charge in [0.1, 0.15) is 6.33 Å². The molecule has 1 aromatic carbocycles. The first kappa shape index (κ1) is 17.5. The van der Waals surface area contributed by atoms with Crippen LogP contribution in [0.2, 0.25) is 0 Å². The molecule has 2 aromatic rings. The number of anilines is 1. The molecular formula is C19H27N5O. The van der Waals surface area contributed by atoms with Crippen molar-refractivity contribution in [2.24, 2.45) is 7.05 Å². The van der Waals surface area contributed by atoms with Crippen molar-refractivity contribution in [3.8, 4) is 11.4 Å². The molecule has 0 saturated carbocycles. The molecule has 0 bridgehead atoms. The van der Waals surface area contributed by atoms with Crippen LogP contribution in [-0.4, -0.2) is 44.7 Å². The second-order valence-corrected chi connectivity index (χ2v) is 6.89. The summed E-state index contributed by atoms with van der Waals surface area (Å²) in [6.07, 6.45) is 6.96. The van der Waals surface area contributed by atoms with E-state index in [1.807, 2.05) is 34.7 Å². The van der Waals surface area contributed by atoms with Crippen molar-refractivity contribution >= 4 is 11.6 Å². The summed E-state index contributed by atoms with van der Waals surface area (Å²) in [5, 5.41) is 11.5. The molecule has 6 heteroatoms. The van der Waals surface area contributed by atoms with Crippen LogP contribution in [0.3, 0.4) is 0 Å². The lowest BCUT2D eigenvalue weighted by Gasteiger charge is -2.23. The molecule has 134 valence electrons. The summed E-state index contributed by atoms with van der Waals surface area (Å²) in [5.41, 5.74) is 2.01. The number of amides is 1. The van der Waals surface area contributed by atoms with Gasteiger partial charge < -0.3 is 14.8 Å². The normalized spacial score (nSPS) is 16.3. The first-order valence-corrected chi connectivity index (χ1v) is 9.12. The summed E-state index contributed by atoms with van der Waals surface area (Å²) in [4.78, 5) is 14.5. The van der Waals surface area contributed by atoms with Crippen molar-refractivity contribution in [3.05, 3.63) is 30.6 Å². The fourth-order valence-corrected chi connectivity index (χ4v) is 3.34. The van der Waals surface area contributed by atoms with E-state index in [0.29, 0.717) is 6.42 Å². The number of aromatic nitrogens is 3. The van der Waals surface area contributed by atoms with E-state index in [0.717, 1.165) is 43.0 Å². The monoisotopic (exact) mass is 341 g/mol. The molecule has 1 atom stereocenters. The number of carbonyl (C=O) groups is 1. The number of likely N-dealkylation sites (tertiary alicyclic amines) is 1. The van der Waals surface area contributed by atoms with Gasteiger partial charge in [0, 0.05) is 43.9 Å². The van der Waals surface area contributed by atoms with Crippen LogP contribution in [0.25, 0.3) is 11.4 Å². The van der Waals surface area contributed by atoms with Gasteiger partial charge in [-0.15, -0.1) is 10.2 Å². The minimum atomic E-state index is 0.0884. The van der Waals surface area contributed by atoms with Gasteiger partial charge in [0.25, 0.3) is 0 Å². The Kier molecular flexibility index (Phi) is 5.68. The summed E-state index contributed by atoms with van der Waals surface area (Å²) in [7, 11) is 1.93. The van der Waals surface area contributed by atoms with Gasteiger partial charge in [0.15, 0.2) is 5.82 Å². The summed E-state index contributed by atoms with van der Waals surface area (Å²) in [6, 6.07) is 8.17. The lowest BCUT2D eigenvalue weighted by atomic mass is 10.1. The molecule has 1 amide bonds. The third kappa shape index (κ3) is 4.59. The molecule has 0 aliphatic carbocycles. The second kappa shape index (κ2) is 8.14. The lowest BCUT2D eigenvalue weighted by molar-refractivity contribution is -0.131. The highest BCUT2D eigenvalue weighted by Gasteiger charge is 2.18. The zero-order valence-electron chi connectivity index (χ0n) is 15.1. The second-order valence-electron chi connectivity index (χ2n) is 6.89. The molecule has 0 unspecified atom stereocenters. The highest BCUT2D eigenvalue weighted by Crippen LogP contribution is 2.21. The third-order valence-corrected chi connectivity index (χ3v) is 4.68. The van der Waals surface area contributed by atoms with Gasteiger partial charge in [0.05, 0.1) is 0 Å². The molecule has 1 saturated heterocycles. The Morgan fingerprint density at radius 3 is 2.68 bits per heavy atom. The minimum absolute atomic E-state index is 0.0884. The Labute approximate surface area is 149 Å². The maximum Gasteiger partial charge on any atom is 0.224 e. The van der Waals surface area contributed by atoms with E-state index in [-0.39, 0.29) is 11.9 Å². The fraction of sp³-hybridized carbons (Fsp3) is 0.526. The van der Waals surface area contributed by atoms with E-state index in [4.69, 9.17) is 0 Å². The first-order valence-electron chi connectivity index (χ1n) is 9.12. The number of aryl methyl sites for hydroxylation is 1. The number of benzene rings is 1. The van der Waals surface area contributed by atoms with E-state index in [1.54, 1.807) is 6.33 Å². The van der Waals surface area contributed by atoms with E-state index in [9.17, 15) is 4.79 Å². The van der Waals surface area contributed by atoms with E-state index >= 15 is 0 Å². The predicted octanol–water partition coefficient (Wildman–Crippen LogP) is 3.08. The van der Waals surface area contributed by atoms with Crippen molar-refractivity contribution in [2.75, 3.05) is 18.4 Å². The number of carbonyl (C=O) groups excluding carboxylic acids is 1. The quantitative estimate of drug-likeness (QED) is 0.908. The SMILES string of the molecule is C[C@@H](CC(=O)N1CCCCCC1)Nc1cccc(-c2nncn2C)c1. The Bertz CT molecular complexity index is 703. The molecule has 1 N–H and O–H groups in total. The highest BCUT2D eigenvalue weighted by molar-refractivity contribution is 5.77. The summed E-state index contributed by atoms with van der Waals surface area (Å²) in [5.74, 6) is 1.09. The highest BCUT2D eigenvalue weighted by atomic mass is 16.2. The lowest BCUT2D eigenvalue weighted by Crippen LogP contribution is -2.35. The van der Waals surface area contributed by atoms with Gasteiger partial charge in [-0.3, -0.25) is 4.79 Å². The van der Waals surface area contributed by atoms with Crippen molar-refractivity contribution in [1.29, 1.82) is 0 Å². The predicted molar refractivity (Wildman–Crippen MR) is 99.2 cm³/mol. The minimum Gasteiger partial charge on any atom is -0.382 e. The Morgan fingerprint density at radius 2 is 2.00 bits per heavy atom. The van der Waals surface area contributed by atoms with Crippen LogP contribution in [0.1, 0.15) is 39.0 Å². The van der Waals surface area contributed by atoms with Gasteiger partial charge in [-0.2, -0.15) is 0 Å². The van der Waals surface area contributed by atoms with Crippen molar-refractivity contribution < 1.29 is 4.79 Å². The van der Waals surface area contributed by atoms with Crippen LogP contribution in [0.15, 0.2) is 30.6 Å². The molecule has 6 nitrogen and oxygen atoms in total. The Hall–Kier alpha value is -2.37. The molecular weight excluding hydrogens is 314 g/mol. The zero-order valence-corrected chi connectivity index (χ0v) is 15.1. The zero-order chi connectivity index (χ0) is 17.6. The first-order chi connectivity index (χ1) is 12.1. The summed E-state index contributed by atoms with van der Waals surface area (Å²) in [6.45, 7) is 3.88. The summed E-state index contributed by atoms with van der Waals surface area (Å²) < 4.78 is 1.89. The van der Waals surface area contributed by atoms with Crippen LogP contribution >= 0.6 is 0 Å². The largest absolute Gasteiger partial charge is 0.382 e. The maximum atomic E-state index is 12.5. The number of hydrogen-bond acceptors (Lipinski definition) is 4. The van der Waals surface area contributed by atoms with Crippen LogP contribution in [-0.2, 0) is 11.8 Å².